The molecular formula is C11H18N2O4S. The Morgan fingerprint density at radius 3 is 2.72 bits per heavy atom. The molecule has 1 aromatic heterocycles. The average Bonchev–Trinajstić information content (AvgIpc) is 2.77. The van der Waals surface area contributed by atoms with Gasteiger partial charge < -0.3 is 14.9 Å². The highest BCUT2D eigenvalue weighted by Gasteiger charge is 2.41. The van der Waals surface area contributed by atoms with Crippen molar-refractivity contribution in [1.29, 1.82) is 0 Å². The second kappa shape index (κ2) is 4.65. The van der Waals surface area contributed by atoms with Crippen LogP contribution in [0.5, 0.6) is 0 Å². The molecule has 102 valence electrons. The van der Waals surface area contributed by atoms with E-state index < -0.39 is 15.6 Å². The lowest BCUT2D eigenvalue weighted by molar-refractivity contribution is -0.00833. The number of sulfonamides is 1. The van der Waals surface area contributed by atoms with E-state index in [-0.39, 0.29) is 11.6 Å². The average molecular weight is 274 g/mol. The topological polar surface area (TPSA) is 85.8 Å². The van der Waals surface area contributed by atoms with E-state index in [4.69, 9.17) is 14.9 Å². The van der Waals surface area contributed by atoms with Crippen LogP contribution in [0, 0.1) is 0 Å². The molecule has 1 aliphatic heterocycles. The van der Waals surface area contributed by atoms with Crippen LogP contribution in [0.4, 0.5) is 0 Å². The van der Waals surface area contributed by atoms with Crippen LogP contribution in [-0.2, 0) is 21.3 Å². The van der Waals surface area contributed by atoms with Crippen LogP contribution in [0.2, 0.25) is 0 Å². The summed E-state index contributed by atoms with van der Waals surface area (Å²) in [4.78, 5) is 0. The summed E-state index contributed by atoms with van der Waals surface area (Å²) < 4.78 is 36.9. The quantitative estimate of drug-likeness (QED) is 0.869. The molecule has 0 radical (unpaired) electrons. The van der Waals surface area contributed by atoms with Gasteiger partial charge in [0.2, 0.25) is 5.09 Å². The van der Waals surface area contributed by atoms with Crippen LogP contribution in [-0.4, -0.2) is 38.0 Å². The summed E-state index contributed by atoms with van der Waals surface area (Å²) in [6, 6.07) is 3.03. The minimum absolute atomic E-state index is 0.0575. The molecule has 2 heterocycles. The summed E-state index contributed by atoms with van der Waals surface area (Å²) in [7, 11) is -3.63. The third kappa shape index (κ3) is 2.31. The Balaban J connectivity index is 2.35. The number of nitrogens with zero attached hydrogens (tertiary/aromatic N) is 1. The van der Waals surface area contributed by atoms with Crippen molar-refractivity contribution in [2.45, 2.75) is 31.0 Å². The standard InChI is InChI=1S/C11H18N2O4S/c1-11(2)8-16-6-5-13(11)18(14,15)10-4-3-9(7-12)17-10/h3-4H,5-8,12H2,1-2H3. The first kappa shape index (κ1) is 13.5. The number of rotatable bonds is 3. The van der Waals surface area contributed by atoms with E-state index in [9.17, 15) is 8.42 Å². The zero-order chi connectivity index (χ0) is 13.4. The van der Waals surface area contributed by atoms with Crippen LogP contribution >= 0.6 is 0 Å². The zero-order valence-electron chi connectivity index (χ0n) is 10.5. The largest absolute Gasteiger partial charge is 0.447 e. The lowest BCUT2D eigenvalue weighted by atomic mass is 10.1. The second-order valence-electron chi connectivity index (χ2n) is 4.87. The Morgan fingerprint density at radius 2 is 2.17 bits per heavy atom. The van der Waals surface area contributed by atoms with Crippen molar-refractivity contribution < 1.29 is 17.6 Å². The first-order valence-electron chi connectivity index (χ1n) is 5.77. The maximum absolute atomic E-state index is 12.5. The monoisotopic (exact) mass is 274 g/mol. The van der Waals surface area contributed by atoms with E-state index in [0.717, 1.165) is 0 Å². The van der Waals surface area contributed by atoms with E-state index >= 15 is 0 Å². The summed E-state index contributed by atoms with van der Waals surface area (Å²) >= 11 is 0. The molecule has 0 aliphatic carbocycles. The highest BCUT2D eigenvalue weighted by atomic mass is 32.2. The number of hydrogen-bond donors (Lipinski definition) is 1. The Morgan fingerprint density at radius 1 is 1.44 bits per heavy atom. The molecule has 0 unspecified atom stereocenters. The SMILES string of the molecule is CC1(C)COCCN1S(=O)(=O)c1ccc(CN)o1. The van der Waals surface area contributed by atoms with Crippen molar-refractivity contribution in [3.63, 3.8) is 0 Å². The molecule has 0 amide bonds. The number of furan rings is 1. The first-order valence-corrected chi connectivity index (χ1v) is 7.21. The van der Waals surface area contributed by atoms with Crippen molar-refractivity contribution in [2.24, 2.45) is 5.73 Å². The summed E-state index contributed by atoms with van der Waals surface area (Å²) in [5, 5.41) is -0.0575. The molecule has 0 spiro atoms. The van der Waals surface area contributed by atoms with Crippen molar-refractivity contribution in [2.75, 3.05) is 19.8 Å². The lowest BCUT2D eigenvalue weighted by Gasteiger charge is -2.40. The molecule has 1 fully saturated rings. The molecule has 6 nitrogen and oxygen atoms in total. The second-order valence-corrected chi connectivity index (χ2v) is 6.66. The van der Waals surface area contributed by atoms with Gasteiger partial charge in [0.15, 0.2) is 0 Å². The molecule has 1 saturated heterocycles. The zero-order valence-corrected chi connectivity index (χ0v) is 11.4. The fraction of sp³-hybridized carbons (Fsp3) is 0.636. The van der Waals surface area contributed by atoms with Crippen LogP contribution in [0.1, 0.15) is 19.6 Å². The predicted molar refractivity (Wildman–Crippen MR) is 65.4 cm³/mol. The molecule has 7 heteroatoms. The van der Waals surface area contributed by atoms with E-state index in [1.54, 1.807) is 6.07 Å². The van der Waals surface area contributed by atoms with Gasteiger partial charge in [-0.1, -0.05) is 0 Å². The summed E-state index contributed by atoms with van der Waals surface area (Å²) in [6.07, 6.45) is 0. The maximum Gasteiger partial charge on any atom is 0.277 e. The van der Waals surface area contributed by atoms with Gasteiger partial charge in [0.05, 0.1) is 25.3 Å². The van der Waals surface area contributed by atoms with E-state index in [2.05, 4.69) is 0 Å². The van der Waals surface area contributed by atoms with Gasteiger partial charge in [-0.15, -0.1) is 0 Å². The van der Waals surface area contributed by atoms with Crippen molar-refractivity contribution in [3.8, 4) is 0 Å². The van der Waals surface area contributed by atoms with Crippen LogP contribution < -0.4 is 5.73 Å². The minimum atomic E-state index is -3.63. The normalized spacial score (nSPS) is 21.1. The van der Waals surface area contributed by atoms with Crippen LogP contribution in [0.3, 0.4) is 0 Å². The highest BCUT2D eigenvalue weighted by Crippen LogP contribution is 2.28. The Labute approximate surface area is 107 Å². The number of ether oxygens (including phenoxy) is 1. The summed E-state index contributed by atoms with van der Waals surface area (Å²) in [5.41, 5.74) is 4.84. The molecule has 0 bridgehead atoms. The molecule has 1 aliphatic rings. The fourth-order valence-corrected chi connectivity index (χ4v) is 3.69. The third-order valence-corrected chi connectivity index (χ3v) is 4.94. The van der Waals surface area contributed by atoms with Gasteiger partial charge in [-0.05, 0) is 26.0 Å². The lowest BCUT2D eigenvalue weighted by Crippen LogP contribution is -2.55. The van der Waals surface area contributed by atoms with E-state index in [1.807, 2.05) is 13.8 Å². The van der Waals surface area contributed by atoms with Gasteiger partial charge in [-0.3, -0.25) is 0 Å². The third-order valence-electron chi connectivity index (χ3n) is 2.95. The number of hydrogen-bond acceptors (Lipinski definition) is 5. The first-order chi connectivity index (χ1) is 8.38. The minimum Gasteiger partial charge on any atom is -0.447 e. The molecule has 1 aromatic rings. The van der Waals surface area contributed by atoms with E-state index in [1.165, 1.54) is 10.4 Å². The molecule has 0 aromatic carbocycles. The number of nitrogens with two attached hydrogens (primary N) is 1. The number of morpholine rings is 1. The highest BCUT2D eigenvalue weighted by molar-refractivity contribution is 7.89. The smallest absolute Gasteiger partial charge is 0.277 e. The molecule has 18 heavy (non-hydrogen) atoms. The summed E-state index contributed by atoms with van der Waals surface area (Å²) in [5.74, 6) is 0.458. The predicted octanol–water partition coefficient (Wildman–Crippen LogP) is 0.538. The van der Waals surface area contributed by atoms with E-state index in [0.29, 0.717) is 25.5 Å². The van der Waals surface area contributed by atoms with Crippen LogP contribution in [0.25, 0.3) is 0 Å². The van der Waals surface area contributed by atoms with Crippen molar-refractivity contribution >= 4 is 10.0 Å². The van der Waals surface area contributed by atoms with Gasteiger partial charge in [-0.2, -0.15) is 4.31 Å². The van der Waals surface area contributed by atoms with Gasteiger partial charge in [0, 0.05) is 6.54 Å². The fourth-order valence-electron chi connectivity index (χ4n) is 2.00. The Kier molecular flexibility index (Phi) is 3.50. The van der Waals surface area contributed by atoms with Gasteiger partial charge in [0.1, 0.15) is 5.76 Å². The molecule has 0 atom stereocenters. The summed E-state index contributed by atoms with van der Waals surface area (Å²) in [6.45, 7) is 4.94. The Hall–Kier alpha value is -0.890. The maximum atomic E-state index is 12.5. The molecule has 2 N–H and O–H groups in total. The molecular weight excluding hydrogens is 256 g/mol. The molecule has 0 saturated carbocycles. The van der Waals surface area contributed by atoms with Crippen molar-refractivity contribution in [1.82, 2.24) is 4.31 Å². The van der Waals surface area contributed by atoms with Gasteiger partial charge in [-0.25, -0.2) is 8.42 Å². The van der Waals surface area contributed by atoms with Gasteiger partial charge in [0.25, 0.3) is 10.0 Å². The van der Waals surface area contributed by atoms with Crippen LogP contribution in [0.15, 0.2) is 21.6 Å². The molecule has 2 rings (SSSR count). The van der Waals surface area contributed by atoms with Crippen molar-refractivity contribution in [3.05, 3.63) is 17.9 Å². The van der Waals surface area contributed by atoms with Gasteiger partial charge >= 0.3 is 0 Å². The Bertz CT molecular complexity index is 521.